The number of hydrogen-bond acceptors (Lipinski definition) is 5. The van der Waals surface area contributed by atoms with Gasteiger partial charge in [-0.2, -0.15) is 0 Å². The van der Waals surface area contributed by atoms with Gasteiger partial charge in [0.05, 0.1) is 0 Å². The van der Waals surface area contributed by atoms with Crippen LogP contribution in [-0.4, -0.2) is 22.7 Å². The zero-order valence-electron chi connectivity index (χ0n) is 11.9. The fourth-order valence-corrected chi connectivity index (χ4v) is 1.86. The number of hydrogen-bond donors (Lipinski definition) is 1. The molecule has 0 atom stereocenters. The van der Waals surface area contributed by atoms with Gasteiger partial charge in [0.15, 0.2) is 6.61 Å². The van der Waals surface area contributed by atoms with Crippen LogP contribution < -0.4 is 10.1 Å². The number of nitrogens with one attached hydrogen (secondary N) is 1. The van der Waals surface area contributed by atoms with Gasteiger partial charge >= 0.3 is 6.08 Å². The van der Waals surface area contributed by atoms with Gasteiger partial charge in [-0.3, -0.25) is 4.79 Å². The first-order chi connectivity index (χ1) is 11.2. The number of aromatic nitrogens is 2. The van der Waals surface area contributed by atoms with Gasteiger partial charge in [-0.05, 0) is 30.3 Å². The SMILES string of the molecule is O=C(COc1nnc(-c2ccccc2)o1)Nc1cccc(F)c1. The van der Waals surface area contributed by atoms with Gasteiger partial charge in [0.2, 0.25) is 0 Å². The maximum Gasteiger partial charge on any atom is 0.415 e. The number of benzene rings is 2. The van der Waals surface area contributed by atoms with Crippen LogP contribution in [0.15, 0.2) is 59.0 Å². The Labute approximate surface area is 130 Å². The molecule has 0 unspecified atom stereocenters. The van der Waals surface area contributed by atoms with Gasteiger partial charge in [-0.15, -0.1) is 5.10 Å². The van der Waals surface area contributed by atoms with Crippen LogP contribution >= 0.6 is 0 Å². The van der Waals surface area contributed by atoms with Crippen LogP contribution in [0.25, 0.3) is 11.5 Å². The summed E-state index contributed by atoms with van der Waals surface area (Å²) in [7, 11) is 0. The minimum absolute atomic E-state index is 0.113. The largest absolute Gasteiger partial charge is 0.439 e. The minimum Gasteiger partial charge on any atom is -0.439 e. The Balaban J connectivity index is 1.56. The van der Waals surface area contributed by atoms with E-state index in [-0.39, 0.29) is 12.7 Å². The number of anilines is 1. The topological polar surface area (TPSA) is 77.2 Å². The molecule has 0 bridgehead atoms. The molecule has 0 spiro atoms. The average molecular weight is 313 g/mol. The second-order valence-electron chi connectivity index (χ2n) is 4.59. The Bertz CT molecular complexity index is 805. The van der Waals surface area contributed by atoms with Crippen LogP contribution in [-0.2, 0) is 4.79 Å². The van der Waals surface area contributed by atoms with Crippen LogP contribution in [0, 0.1) is 5.82 Å². The third-order valence-electron chi connectivity index (χ3n) is 2.86. The summed E-state index contributed by atoms with van der Waals surface area (Å²) >= 11 is 0. The lowest BCUT2D eigenvalue weighted by atomic mass is 10.2. The van der Waals surface area contributed by atoms with Gasteiger partial charge < -0.3 is 14.5 Å². The molecule has 1 aromatic heterocycles. The lowest BCUT2D eigenvalue weighted by molar-refractivity contribution is -0.118. The summed E-state index contributed by atoms with van der Waals surface area (Å²) in [5.74, 6) is -0.602. The zero-order chi connectivity index (χ0) is 16.1. The fraction of sp³-hybridized carbons (Fsp3) is 0.0625. The molecule has 0 saturated heterocycles. The van der Waals surface area contributed by atoms with E-state index < -0.39 is 11.7 Å². The van der Waals surface area contributed by atoms with Crippen LogP contribution in [0.5, 0.6) is 6.08 Å². The normalized spacial score (nSPS) is 10.3. The molecule has 1 amide bonds. The van der Waals surface area contributed by atoms with Crippen molar-refractivity contribution >= 4 is 11.6 Å². The summed E-state index contributed by atoms with van der Waals surface area (Å²) in [5.41, 5.74) is 1.09. The quantitative estimate of drug-likeness (QED) is 0.783. The van der Waals surface area contributed by atoms with Crippen molar-refractivity contribution in [1.82, 2.24) is 10.2 Å². The highest BCUT2D eigenvalue weighted by Gasteiger charge is 2.11. The van der Waals surface area contributed by atoms with E-state index in [9.17, 15) is 9.18 Å². The first kappa shape index (κ1) is 14.7. The van der Waals surface area contributed by atoms with Crippen molar-refractivity contribution in [2.75, 3.05) is 11.9 Å². The predicted molar refractivity (Wildman–Crippen MR) is 80.3 cm³/mol. The van der Waals surface area contributed by atoms with Crippen molar-refractivity contribution < 1.29 is 18.3 Å². The van der Waals surface area contributed by atoms with Crippen LogP contribution in [0.3, 0.4) is 0 Å². The molecule has 0 aliphatic heterocycles. The fourth-order valence-electron chi connectivity index (χ4n) is 1.86. The second kappa shape index (κ2) is 6.69. The Morgan fingerprint density at radius 1 is 1.13 bits per heavy atom. The Morgan fingerprint density at radius 3 is 2.74 bits per heavy atom. The maximum atomic E-state index is 13.0. The van der Waals surface area contributed by atoms with Gasteiger partial charge in [0.25, 0.3) is 11.8 Å². The second-order valence-corrected chi connectivity index (χ2v) is 4.59. The van der Waals surface area contributed by atoms with Gasteiger partial charge in [-0.1, -0.05) is 29.4 Å². The molecule has 0 aliphatic rings. The van der Waals surface area contributed by atoms with E-state index in [1.54, 1.807) is 6.07 Å². The molecule has 0 radical (unpaired) electrons. The van der Waals surface area contributed by atoms with Crippen LogP contribution in [0.2, 0.25) is 0 Å². The van der Waals surface area contributed by atoms with Gasteiger partial charge in [0.1, 0.15) is 5.82 Å². The molecule has 3 rings (SSSR count). The van der Waals surface area contributed by atoms with Crippen LogP contribution in [0.1, 0.15) is 0 Å². The molecule has 1 heterocycles. The van der Waals surface area contributed by atoms with E-state index in [1.807, 2.05) is 30.3 Å². The number of halogens is 1. The van der Waals surface area contributed by atoms with Gasteiger partial charge in [0, 0.05) is 11.3 Å². The molecule has 0 fully saturated rings. The van der Waals surface area contributed by atoms with Crippen molar-refractivity contribution in [3.63, 3.8) is 0 Å². The lowest BCUT2D eigenvalue weighted by Crippen LogP contribution is -2.20. The van der Waals surface area contributed by atoms with Crippen molar-refractivity contribution in [2.24, 2.45) is 0 Å². The summed E-state index contributed by atoms with van der Waals surface area (Å²) in [6, 6.07) is 14.7. The number of rotatable bonds is 5. The lowest BCUT2D eigenvalue weighted by Gasteiger charge is -2.04. The summed E-state index contributed by atoms with van der Waals surface area (Å²) in [4.78, 5) is 11.7. The standard InChI is InChI=1S/C16H12FN3O3/c17-12-7-4-8-13(9-12)18-14(21)10-22-16-20-19-15(23-16)11-5-2-1-3-6-11/h1-9H,10H2,(H,18,21). The molecule has 0 aliphatic carbocycles. The smallest absolute Gasteiger partial charge is 0.415 e. The molecule has 6 nitrogen and oxygen atoms in total. The van der Waals surface area contributed by atoms with E-state index in [0.717, 1.165) is 5.56 Å². The summed E-state index contributed by atoms with van der Waals surface area (Å²) in [6.07, 6.45) is -0.113. The first-order valence-electron chi connectivity index (χ1n) is 6.78. The molecular weight excluding hydrogens is 301 g/mol. The molecule has 116 valence electrons. The van der Waals surface area contributed by atoms with Crippen molar-refractivity contribution in [3.8, 4) is 17.5 Å². The average Bonchev–Trinajstić information content (AvgIpc) is 3.03. The van der Waals surface area contributed by atoms with Gasteiger partial charge in [-0.25, -0.2) is 4.39 Å². The maximum absolute atomic E-state index is 13.0. The van der Waals surface area contributed by atoms with Crippen molar-refractivity contribution in [2.45, 2.75) is 0 Å². The highest BCUT2D eigenvalue weighted by Crippen LogP contribution is 2.20. The van der Waals surface area contributed by atoms with E-state index >= 15 is 0 Å². The Morgan fingerprint density at radius 2 is 1.96 bits per heavy atom. The number of nitrogens with zero attached hydrogens (tertiary/aromatic N) is 2. The van der Waals surface area contributed by atoms with Crippen LogP contribution in [0.4, 0.5) is 10.1 Å². The Hall–Kier alpha value is -3.22. The monoisotopic (exact) mass is 313 g/mol. The first-order valence-corrected chi connectivity index (χ1v) is 6.78. The number of carbonyl (C=O) groups is 1. The van der Waals surface area contributed by atoms with E-state index in [2.05, 4.69) is 15.5 Å². The number of amides is 1. The third-order valence-corrected chi connectivity index (χ3v) is 2.86. The number of carbonyl (C=O) groups excluding carboxylic acids is 1. The van der Waals surface area contributed by atoms with E-state index in [1.165, 1.54) is 18.2 Å². The summed E-state index contributed by atoms with van der Waals surface area (Å²) in [6.45, 7) is -0.326. The minimum atomic E-state index is -0.463. The van der Waals surface area contributed by atoms with E-state index in [4.69, 9.17) is 9.15 Å². The van der Waals surface area contributed by atoms with Crippen molar-refractivity contribution in [1.29, 1.82) is 0 Å². The van der Waals surface area contributed by atoms with E-state index in [0.29, 0.717) is 11.6 Å². The zero-order valence-corrected chi connectivity index (χ0v) is 11.9. The summed E-state index contributed by atoms with van der Waals surface area (Å²) in [5, 5.41) is 10.0. The molecule has 3 aromatic rings. The molecule has 2 aromatic carbocycles. The third kappa shape index (κ3) is 3.91. The highest BCUT2D eigenvalue weighted by molar-refractivity contribution is 5.91. The molecular formula is C16H12FN3O3. The number of ether oxygens (including phenoxy) is 1. The summed E-state index contributed by atoms with van der Waals surface area (Å²) < 4.78 is 23.4. The molecule has 0 saturated carbocycles. The molecule has 1 N–H and O–H groups in total. The molecule has 7 heteroatoms. The molecule has 23 heavy (non-hydrogen) atoms. The highest BCUT2D eigenvalue weighted by atomic mass is 19.1. The predicted octanol–water partition coefficient (Wildman–Crippen LogP) is 2.89. The Kier molecular flexibility index (Phi) is 4.28. The van der Waals surface area contributed by atoms with Crippen molar-refractivity contribution in [3.05, 3.63) is 60.4 Å².